The van der Waals surface area contributed by atoms with Crippen LogP contribution in [0, 0.1) is 6.92 Å². The molecule has 8 heteroatoms. The number of carbonyl (C=O) groups is 1. The fourth-order valence-electron chi connectivity index (χ4n) is 5.43. The minimum absolute atomic E-state index is 0.0274. The topological polar surface area (TPSA) is 84.9 Å². The van der Waals surface area contributed by atoms with E-state index in [-0.39, 0.29) is 18.7 Å². The number of nitrogens with zero attached hydrogens (tertiary/aromatic N) is 1. The highest BCUT2D eigenvalue weighted by molar-refractivity contribution is 7.89. The Hall–Kier alpha value is -3.36. The van der Waals surface area contributed by atoms with Gasteiger partial charge in [0.25, 0.3) is 0 Å². The number of ether oxygens (including phenoxy) is 2. The number of hydrogen-bond acceptors (Lipinski definition) is 5. The molecular weight excluding hydrogens is 488 g/mol. The van der Waals surface area contributed by atoms with Gasteiger partial charge in [-0.25, -0.2) is 8.42 Å². The first kappa shape index (κ1) is 24.0. The standard InChI is InChI=1S/C29H30N2O5S/c1-19-5-9-23(30-28(32)29(13-14-29)22-8-12-26-27(16-22)36-18-35-26)17-25(19)21-6-10-24(11-7-21)37(33,34)31-15-3-4-20(31)2/h5-12,16-17,20H,3-4,13-15,18H2,1-2H3,(H,30,32). The molecule has 1 unspecified atom stereocenters. The van der Waals surface area contributed by atoms with Crippen molar-refractivity contribution in [2.75, 3.05) is 18.7 Å². The van der Waals surface area contributed by atoms with Crippen molar-refractivity contribution in [2.45, 2.75) is 55.9 Å². The smallest absolute Gasteiger partial charge is 0.243 e. The molecule has 1 N–H and O–H groups in total. The van der Waals surface area contributed by atoms with Crippen LogP contribution in [0.2, 0.25) is 0 Å². The number of amides is 1. The molecule has 0 bridgehead atoms. The third kappa shape index (κ3) is 4.18. The van der Waals surface area contributed by atoms with E-state index in [4.69, 9.17) is 9.47 Å². The molecule has 6 rings (SSSR count). The highest BCUT2D eigenvalue weighted by Gasteiger charge is 2.51. The zero-order valence-corrected chi connectivity index (χ0v) is 21.8. The second kappa shape index (κ2) is 8.89. The third-order valence-electron chi connectivity index (χ3n) is 7.87. The summed E-state index contributed by atoms with van der Waals surface area (Å²) in [6.45, 7) is 4.74. The second-order valence-electron chi connectivity index (χ2n) is 10.3. The Bertz CT molecular complexity index is 1480. The van der Waals surface area contributed by atoms with Crippen molar-refractivity contribution in [1.29, 1.82) is 0 Å². The van der Waals surface area contributed by atoms with Gasteiger partial charge in [-0.2, -0.15) is 4.31 Å². The van der Waals surface area contributed by atoms with Gasteiger partial charge in [0.15, 0.2) is 11.5 Å². The van der Waals surface area contributed by atoms with Crippen LogP contribution in [0.1, 0.15) is 43.7 Å². The van der Waals surface area contributed by atoms with Gasteiger partial charge in [-0.3, -0.25) is 4.79 Å². The zero-order valence-electron chi connectivity index (χ0n) is 21.0. The highest BCUT2D eigenvalue weighted by Crippen LogP contribution is 2.51. The van der Waals surface area contributed by atoms with Crippen molar-refractivity contribution >= 4 is 21.6 Å². The van der Waals surface area contributed by atoms with Crippen LogP contribution < -0.4 is 14.8 Å². The van der Waals surface area contributed by atoms with Crippen LogP contribution in [-0.2, 0) is 20.2 Å². The van der Waals surface area contributed by atoms with Gasteiger partial charge in [-0.05, 0) is 98.2 Å². The molecule has 1 saturated heterocycles. The van der Waals surface area contributed by atoms with Crippen LogP contribution in [0.15, 0.2) is 65.6 Å². The number of nitrogens with one attached hydrogen (secondary N) is 1. The second-order valence-corrected chi connectivity index (χ2v) is 12.2. The van der Waals surface area contributed by atoms with E-state index < -0.39 is 15.4 Å². The van der Waals surface area contributed by atoms with E-state index in [0.29, 0.717) is 28.6 Å². The van der Waals surface area contributed by atoms with E-state index in [1.807, 2.05) is 62.4 Å². The summed E-state index contributed by atoms with van der Waals surface area (Å²) in [5.41, 5.74) is 3.97. The fourth-order valence-corrected chi connectivity index (χ4v) is 7.13. The number of fused-ring (bicyclic) bond motifs is 1. The summed E-state index contributed by atoms with van der Waals surface area (Å²) in [5, 5.41) is 3.11. The number of sulfonamides is 1. The summed E-state index contributed by atoms with van der Waals surface area (Å²) >= 11 is 0. The molecule has 3 aliphatic rings. The van der Waals surface area contributed by atoms with Crippen molar-refractivity contribution in [3.05, 3.63) is 71.8 Å². The van der Waals surface area contributed by atoms with Crippen LogP contribution in [0.25, 0.3) is 11.1 Å². The summed E-state index contributed by atoms with van der Waals surface area (Å²) in [5.74, 6) is 1.35. The highest BCUT2D eigenvalue weighted by atomic mass is 32.2. The maximum absolute atomic E-state index is 13.4. The van der Waals surface area contributed by atoms with Crippen LogP contribution in [-0.4, -0.2) is 38.0 Å². The lowest BCUT2D eigenvalue weighted by molar-refractivity contribution is -0.118. The Morgan fingerprint density at radius 3 is 2.46 bits per heavy atom. The van der Waals surface area contributed by atoms with Crippen LogP contribution >= 0.6 is 0 Å². The lowest BCUT2D eigenvalue weighted by Crippen LogP contribution is -2.33. The molecule has 0 spiro atoms. The molecule has 1 atom stereocenters. The molecule has 1 saturated carbocycles. The van der Waals surface area contributed by atoms with Gasteiger partial charge in [0.2, 0.25) is 22.7 Å². The zero-order chi connectivity index (χ0) is 25.8. The average molecular weight is 519 g/mol. The van der Waals surface area contributed by atoms with Crippen LogP contribution in [0.3, 0.4) is 0 Å². The van der Waals surface area contributed by atoms with Gasteiger partial charge < -0.3 is 14.8 Å². The third-order valence-corrected chi connectivity index (χ3v) is 9.90. The molecule has 7 nitrogen and oxygen atoms in total. The van der Waals surface area contributed by atoms with Gasteiger partial charge in [0.05, 0.1) is 10.3 Å². The molecule has 3 aromatic rings. The first-order valence-electron chi connectivity index (χ1n) is 12.7. The Kier molecular flexibility index (Phi) is 5.76. The van der Waals surface area contributed by atoms with E-state index in [1.54, 1.807) is 16.4 Å². The molecule has 3 aromatic carbocycles. The summed E-state index contributed by atoms with van der Waals surface area (Å²) < 4.78 is 38.7. The summed E-state index contributed by atoms with van der Waals surface area (Å²) in [6.07, 6.45) is 3.35. The normalized spacial score (nSPS) is 20.1. The monoisotopic (exact) mass is 518 g/mol. The van der Waals surface area contributed by atoms with Gasteiger partial charge in [0.1, 0.15) is 0 Å². The first-order chi connectivity index (χ1) is 17.8. The molecule has 0 radical (unpaired) electrons. The predicted octanol–water partition coefficient (Wildman–Crippen LogP) is 5.23. The van der Waals surface area contributed by atoms with Gasteiger partial charge in [-0.15, -0.1) is 0 Å². The largest absolute Gasteiger partial charge is 0.454 e. The van der Waals surface area contributed by atoms with Crippen molar-refractivity contribution in [1.82, 2.24) is 4.31 Å². The number of rotatable bonds is 6. The SMILES string of the molecule is Cc1ccc(NC(=O)C2(c3ccc4c(c3)OCO4)CC2)cc1-c1ccc(S(=O)(=O)N2CCCC2C)cc1. The minimum atomic E-state index is -3.50. The molecule has 192 valence electrons. The van der Waals surface area contributed by atoms with Crippen LogP contribution in [0.5, 0.6) is 11.5 Å². The van der Waals surface area contributed by atoms with Gasteiger partial charge in [-0.1, -0.05) is 24.3 Å². The average Bonchev–Trinajstić information content (AvgIpc) is 3.37. The van der Waals surface area contributed by atoms with Gasteiger partial charge in [0, 0.05) is 18.3 Å². The molecule has 2 fully saturated rings. The van der Waals surface area contributed by atoms with E-state index in [2.05, 4.69) is 5.32 Å². The summed E-state index contributed by atoms with van der Waals surface area (Å²) in [6, 6.07) is 18.6. The van der Waals surface area contributed by atoms with Crippen molar-refractivity contribution in [3.8, 4) is 22.6 Å². The van der Waals surface area contributed by atoms with Gasteiger partial charge >= 0.3 is 0 Å². The lowest BCUT2D eigenvalue weighted by Gasteiger charge is -2.21. The summed E-state index contributed by atoms with van der Waals surface area (Å²) in [4.78, 5) is 13.7. The number of benzene rings is 3. The number of anilines is 1. The molecule has 37 heavy (non-hydrogen) atoms. The predicted molar refractivity (Wildman–Crippen MR) is 141 cm³/mol. The van der Waals surface area contributed by atoms with Crippen molar-refractivity contribution in [3.63, 3.8) is 0 Å². The lowest BCUT2D eigenvalue weighted by atomic mass is 9.94. The number of carbonyl (C=O) groups excluding carboxylic acids is 1. The van der Waals surface area contributed by atoms with Crippen molar-refractivity contribution < 1.29 is 22.7 Å². The maximum atomic E-state index is 13.4. The molecular formula is C29H30N2O5S. The Morgan fingerprint density at radius 1 is 1.00 bits per heavy atom. The first-order valence-corrected chi connectivity index (χ1v) is 14.2. The van der Waals surface area contributed by atoms with Crippen molar-refractivity contribution in [2.24, 2.45) is 0 Å². The van der Waals surface area contributed by atoms with E-state index in [1.165, 1.54) is 0 Å². The maximum Gasteiger partial charge on any atom is 0.243 e. The number of hydrogen-bond donors (Lipinski definition) is 1. The van der Waals surface area contributed by atoms with E-state index in [9.17, 15) is 13.2 Å². The molecule has 1 amide bonds. The van der Waals surface area contributed by atoms with E-state index >= 15 is 0 Å². The molecule has 2 aliphatic heterocycles. The van der Waals surface area contributed by atoms with Crippen LogP contribution in [0.4, 0.5) is 5.69 Å². The summed E-state index contributed by atoms with van der Waals surface area (Å²) in [7, 11) is -3.50. The molecule has 2 heterocycles. The Labute approximate surface area is 217 Å². The fraction of sp³-hybridized carbons (Fsp3) is 0.345. The van der Waals surface area contributed by atoms with E-state index in [0.717, 1.165) is 47.9 Å². The molecule has 0 aromatic heterocycles. The Balaban J connectivity index is 1.22. The quantitative estimate of drug-likeness (QED) is 0.483. The molecule has 1 aliphatic carbocycles. The Morgan fingerprint density at radius 2 is 1.76 bits per heavy atom. The number of aryl methyl sites for hydroxylation is 1. The minimum Gasteiger partial charge on any atom is -0.454 e.